The molecule has 0 aliphatic carbocycles. The third-order valence-electron chi connectivity index (χ3n) is 3.03. The van der Waals surface area contributed by atoms with E-state index in [1.165, 1.54) is 5.56 Å². The minimum atomic E-state index is 0.240. The molecule has 0 saturated carbocycles. The predicted octanol–water partition coefficient (Wildman–Crippen LogP) is 2.64. The summed E-state index contributed by atoms with van der Waals surface area (Å²) in [4.78, 5) is 0. The van der Waals surface area contributed by atoms with Crippen molar-refractivity contribution in [2.24, 2.45) is 0 Å². The molecule has 4 heteroatoms. The van der Waals surface area contributed by atoms with E-state index in [0.717, 1.165) is 24.2 Å². The number of benzene rings is 1. The van der Waals surface area contributed by atoms with Gasteiger partial charge in [-0.3, -0.25) is 0 Å². The zero-order chi connectivity index (χ0) is 11.8. The number of fused-ring (bicyclic) bond motifs is 1. The maximum absolute atomic E-state index is 5.90. The van der Waals surface area contributed by atoms with Gasteiger partial charge in [0.2, 0.25) is 0 Å². The highest BCUT2D eigenvalue weighted by atomic mass is 16.5. The number of nitrogens with two attached hydrogens (primary N) is 1. The van der Waals surface area contributed by atoms with E-state index in [-0.39, 0.29) is 6.10 Å². The lowest BCUT2D eigenvalue weighted by Gasteiger charge is -2.24. The molecule has 2 heterocycles. The van der Waals surface area contributed by atoms with Crippen LogP contribution in [0.1, 0.15) is 18.9 Å². The summed E-state index contributed by atoms with van der Waals surface area (Å²) in [6.07, 6.45) is 2.33. The average Bonchev–Trinajstić information content (AvgIpc) is 2.75. The van der Waals surface area contributed by atoms with E-state index in [9.17, 15) is 0 Å². The molecular formula is C13H14N2O2. The number of nitrogens with zero attached hydrogens (tertiary/aromatic N) is 1. The number of hydrogen-bond acceptors (Lipinski definition) is 4. The summed E-state index contributed by atoms with van der Waals surface area (Å²) in [5.41, 5.74) is 7.72. The Balaban J connectivity index is 2.11. The largest absolute Gasteiger partial charge is 0.490 e. The number of aromatic nitrogens is 1. The molecule has 88 valence electrons. The summed E-state index contributed by atoms with van der Waals surface area (Å²) >= 11 is 0. The minimum absolute atomic E-state index is 0.240. The van der Waals surface area contributed by atoms with E-state index in [0.29, 0.717) is 11.6 Å². The molecule has 0 saturated heterocycles. The van der Waals surface area contributed by atoms with Gasteiger partial charge in [-0.1, -0.05) is 17.3 Å². The first kappa shape index (κ1) is 10.2. The van der Waals surface area contributed by atoms with Gasteiger partial charge in [0.05, 0.1) is 11.7 Å². The SMILES string of the molecule is CC1CCc2cccc(-c3cc(N)no3)c2O1. The topological polar surface area (TPSA) is 61.3 Å². The molecule has 0 radical (unpaired) electrons. The number of hydrogen-bond donors (Lipinski definition) is 1. The molecule has 4 nitrogen and oxygen atoms in total. The van der Waals surface area contributed by atoms with Gasteiger partial charge >= 0.3 is 0 Å². The standard InChI is InChI=1S/C13H14N2O2/c1-8-5-6-9-3-2-4-10(13(9)16-8)11-7-12(14)15-17-11/h2-4,7-8H,5-6H2,1H3,(H2,14,15). The van der Waals surface area contributed by atoms with Crippen LogP contribution in [-0.4, -0.2) is 11.3 Å². The van der Waals surface area contributed by atoms with Crippen LogP contribution < -0.4 is 10.5 Å². The summed E-state index contributed by atoms with van der Waals surface area (Å²) in [6.45, 7) is 2.08. The molecule has 3 rings (SSSR count). The first-order chi connectivity index (χ1) is 8.24. The molecule has 0 amide bonds. The van der Waals surface area contributed by atoms with Crippen molar-refractivity contribution < 1.29 is 9.26 Å². The smallest absolute Gasteiger partial charge is 0.172 e. The average molecular weight is 230 g/mol. The summed E-state index contributed by atoms with van der Waals surface area (Å²) in [5.74, 6) is 1.96. The first-order valence-corrected chi connectivity index (χ1v) is 5.75. The van der Waals surface area contributed by atoms with Crippen LogP contribution in [0.5, 0.6) is 5.75 Å². The fourth-order valence-corrected chi connectivity index (χ4v) is 2.15. The van der Waals surface area contributed by atoms with E-state index >= 15 is 0 Å². The second-order valence-electron chi connectivity index (χ2n) is 4.38. The van der Waals surface area contributed by atoms with E-state index in [4.69, 9.17) is 15.0 Å². The van der Waals surface area contributed by atoms with Crippen LogP contribution in [0, 0.1) is 0 Å². The first-order valence-electron chi connectivity index (χ1n) is 5.75. The Morgan fingerprint density at radius 1 is 1.41 bits per heavy atom. The second kappa shape index (κ2) is 3.80. The number of nitrogen functional groups attached to an aromatic ring is 1. The number of anilines is 1. The highest BCUT2D eigenvalue weighted by molar-refractivity contribution is 5.69. The third-order valence-corrected chi connectivity index (χ3v) is 3.03. The van der Waals surface area contributed by atoms with Gasteiger partial charge in [0.25, 0.3) is 0 Å². The molecule has 17 heavy (non-hydrogen) atoms. The van der Waals surface area contributed by atoms with Gasteiger partial charge in [0.1, 0.15) is 5.75 Å². The molecule has 1 aromatic heterocycles. The normalized spacial score (nSPS) is 18.5. The van der Waals surface area contributed by atoms with Crippen molar-refractivity contribution >= 4 is 5.82 Å². The summed E-state index contributed by atoms with van der Waals surface area (Å²) < 4.78 is 11.1. The molecule has 0 spiro atoms. The van der Waals surface area contributed by atoms with Crippen LogP contribution >= 0.6 is 0 Å². The zero-order valence-corrected chi connectivity index (χ0v) is 9.64. The maximum Gasteiger partial charge on any atom is 0.172 e. The fraction of sp³-hybridized carbons (Fsp3) is 0.308. The molecule has 0 fully saturated rings. The Morgan fingerprint density at radius 2 is 2.29 bits per heavy atom. The molecular weight excluding hydrogens is 216 g/mol. The van der Waals surface area contributed by atoms with Crippen LogP contribution in [0.4, 0.5) is 5.82 Å². The molecule has 0 bridgehead atoms. The van der Waals surface area contributed by atoms with E-state index < -0.39 is 0 Å². The highest BCUT2D eigenvalue weighted by Gasteiger charge is 2.21. The lowest BCUT2D eigenvalue weighted by Crippen LogP contribution is -2.19. The summed E-state index contributed by atoms with van der Waals surface area (Å²) in [6, 6.07) is 7.78. The van der Waals surface area contributed by atoms with Gasteiger partial charge in [0.15, 0.2) is 11.6 Å². The molecule has 2 aromatic rings. The van der Waals surface area contributed by atoms with Crippen molar-refractivity contribution in [2.75, 3.05) is 5.73 Å². The van der Waals surface area contributed by atoms with Crippen LogP contribution in [0.3, 0.4) is 0 Å². The van der Waals surface area contributed by atoms with Crippen molar-refractivity contribution in [3.05, 3.63) is 29.8 Å². The third kappa shape index (κ3) is 1.75. The van der Waals surface area contributed by atoms with Gasteiger partial charge in [-0.15, -0.1) is 0 Å². The van der Waals surface area contributed by atoms with Crippen molar-refractivity contribution in [3.8, 4) is 17.1 Å². The van der Waals surface area contributed by atoms with Crippen molar-refractivity contribution in [1.29, 1.82) is 0 Å². The zero-order valence-electron chi connectivity index (χ0n) is 9.64. The summed E-state index contributed by atoms with van der Waals surface area (Å²) in [7, 11) is 0. The Labute approximate surface area is 99.4 Å². The van der Waals surface area contributed by atoms with Crippen molar-refractivity contribution in [1.82, 2.24) is 5.16 Å². The van der Waals surface area contributed by atoms with E-state index in [2.05, 4.69) is 18.1 Å². The lowest BCUT2D eigenvalue weighted by atomic mass is 9.99. The number of ether oxygens (including phenoxy) is 1. The molecule has 1 aliphatic heterocycles. The number of rotatable bonds is 1. The molecule has 2 N–H and O–H groups in total. The number of aryl methyl sites for hydroxylation is 1. The second-order valence-corrected chi connectivity index (χ2v) is 4.38. The van der Waals surface area contributed by atoms with Gasteiger partial charge in [-0.25, -0.2) is 0 Å². The quantitative estimate of drug-likeness (QED) is 0.818. The van der Waals surface area contributed by atoms with Gasteiger partial charge in [-0.2, -0.15) is 0 Å². The fourth-order valence-electron chi connectivity index (χ4n) is 2.15. The van der Waals surface area contributed by atoms with E-state index in [1.54, 1.807) is 6.07 Å². The molecule has 1 aromatic carbocycles. The van der Waals surface area contributed by atoms with Crippen LogP contribution in [-0.2, 0) is 6.42 Å². The van der Waals surface area contributed by atoms with Gasteiger partial charge in [-0.05, 0) is 31.4 Å². The Bertz CT molecular complexity index is 548. The molecule has 1 unspecified atom stereocenters. The van der Waals surface area contributed by atoms with Gasteiger partial charge < -0.3 is 15.0 Å². The Morgan fingerprint density at radius 3 is 3.06 bits per heavy atom. The Kier molecular flexibility index (Phi) is 2.28. The predicted molar refractivity (Wildman–Crippen MR) is 64.8 cm³/mol. The minimum Gasteiger partial charge on any atom is -0.490 e. The molecule has 1 atom stereocenters. The van der Waals surface area contributed by atoms with Crippen molar-refractivity contribution in [3.63, 3.8) is 0 Å². The summed E-state index contributed by atoms with van der Waals surface area (Å²) in [5, 5.41) is 3.71. The van der Waals surface area contributed by atoms with Gasteiger partial charge in [0, 0.05) is 6.07 Å². The Hall–Kier alpha value is -1.97. The molecule has 1 aliphatic rings. The van der Waals surface area contributed by atoms with Crippen LogP contribution in [0.2, 0.25) is 0 Å². The van der Waals surface area contributed by atoms with Crippen LogP contribution in [0.25, 0.3) is 11.3 Å². The van der Waals surface area contributed by atoms with E-state index in [1.807, 2.05) is 12.1 Å². The monoisotopic (exact) mass is 230 g/mol. The van der Waals surface area contributed by atoms with Crippen LogP contribution in [0.15, 0.2) is 28.8 Å². The maximum atomic E-state index is 5.90. The number of para-hydroxylation sites is 1. The lowest BCUT2D eigenvalue weighted by molar-refractivity contribution is 0.193. The highest BCUT2D eigenvalue weighted by Crippen LogP contribution is 2.38. The van der Waals surface area contributed by atoms with Crippen molar-refractivity contribution in [2.45, 2.75) is 25.9 Å².